The predicted octanol–water partition coefficient (Wildman–Crippen LogP) is 3.47. The van der Waals surface area contributed by atoms with Crippen LogP contribution in [0.1, 0.15) is 37.5 Å². The van der Waals surface area contributed by atoms with Crippen LogP contribution in [0.4, 0.5) is 0 Å². The summed E-state index contributed by atoms with van der Waals surface area (Å²) in [6.45, 7) is 11.9. The van der Waals surface area contributed by atoms with E-state index in [1.807, 2.05) is 0 Å². The SMILES string of the molecule is Cc1ccc(C)c(CC(C)(CN)C(C)C)c1. The van der Waals surface area contributed by atoms with Crippen LogP contribution >= 0.6 is 0 Å². The molecule has 1 heteroatoms. The first-order valence-electron chi connectivity index (χ1n) is 6.15. The summed E-state index contributed by atoms with van der Waals surface area (Å²) in [4.78, 5) is 0. The molecule has 1 rings (SSSR count). The largest absolute Gasteiger partial charge is 0.330 e. The molecule has 0 bridgehead atoms. The Labute approximate surface area is 100 Å². The van der Waals surface area contributed by atoms with Crippen LogP contribution in [0.15, 0.2) is 18.2 Å². The quantitative estimate of drug-likeness (QED) is 0.824. The van der Waals surface area contributed by atoms with Gasteiger partial charge in [0.2, 0.25) is 0 Å². The molecule has 0 radical (unpaired) electrons. The van der Waals surface area contributed by atoms with Gasteiger partial charge in [-0.2, -0.15) is 0 Å². The third-order valence-electron chi connectivity index (χ3n) is 3.96. The molecule has 90 valence electrons. The van der Waals surface area contributed by atoms with Gasteiger partial charge in [0.25, 0.3) is 0 Å². The normalized spacial score (nSPS) is 15.2. The fourth-order valence-corrected chi connectivity index (χ4v) is 1.94. The Hall–Kier alpha value is -0.820. The van der Waals surface area contributed by atoms with E-state index in [0.717, 1.165) is 13.0 Å². The van der Waals surface area contributed by atoms with Crippen LogP contribution < -0.4 is 5.73 Å². The van der Waals surface area contributed by atoms with E-state index in [1.54, 1.807) is 0 Å². The third kappa shape index (κ3) is 2.85. The molecule has 1 nitrogen and oxygen atoms in total. The summed E-state index contributed by atoms with van der Waals surface area (Å²) in [5.41, 5.74) is 10.3. The van der Waals surface area contributed by atoms with Gasteiger partial charge in [-0.1, -0.05) is 44.5 Å². The van der Waals surface area contributed by atoms with E-state index >= 15 is 0 Å². The Morgan fingerprint density at radius 1 is 1.25 bits per heavy atom. The van der Waals surface area contributed by atoms with Gasteiger partial charge >= 0.3 is 0 Å². The zero-order chi connectivity index (χ0) is 12.3. The van der Waals surface area contributed by atoms with Gasteiger partial charge in [0, 0.05) is 0 Å². The monoisotopic (exact) mass is 219 g/mol. The molecule has 0 fully saturated rings. The topological polar surface area (TPSA) is 26.0 Å². The molecule has 1 aromatic carbocycles. The molecule has 1 aromatic rings. The van der Waals surface area contributed by atoms with Crippen molar-refractivity contribution in [3.8, 4) is 0 Å². The number of hydrogen-bond donors (Lipinski definition) is 1. The molecule has 0 saturated carbocycles. The van der Waals surface area contributed by atoms with E-state index in [4.69, 9.17) is 5.73 Å². The summed E-state index contributed by atoms with van der Waals surface area (Å²) in [5, 5.41) is 0. The lowest BCUT2D eigenvalue weighted by molar-refractivity contribution is 0.227. The van der Waals surface area contributed by atoms with Crippen LogP contribution in [0.25, 0.3) is 0 Å². The highest BCUT2D eigenvalue weighted by Gasteiger charge is 2.27. The van der Waals surface area contributed by atoms with Crippen molar-refractivity contribution in [3.05, 3.63) is 34.9 Å². The fraction of sp³-hybridized carbons (Fsp3) is 0.600. The molecule has 0 aromatic heterocycles. The molecule has 0 heterocycles. The first-order valence-corrected chi connectivity index (χ1v) is 6.15. The van der Waals surface area contributed by atoms with Crippen molar-refractivity contribution >= 4 is 0 Å². The molecule has 1 atom stereocenters. The lowest BCUT2D eigenvalue weighted by Crippen LogP contribution is -2.35. The molecule has 16 heavy (non-hydrogen) atoms. The van der Waals surface area contributed by atoms with E-state index in [2.05, 4.69) is 52.8 Å². The van der Waals surface area contributed by atoms with Crippen molar-refractivity contribution in [1.29, 1.82) is 0 Å². The smallest absolute Gasteiger partial charge is 0.00175 e. The van der Waals surface area contributed by atoms with Gasteiger partial charge in [0.15, 0.2) is 0 Å². The summed E-state index contributed by atoms with van der Waals surface area (Å²) in [5.74, 6) is 0.609. The summed E-state index contributed by atoms with van der Waals surface area (Å²) >= 11 is 0. The highest BCUT2D eigenvalue weighted by atomic mass is 14.6. The molecule has 0 amide bonds. The van der Waals surface area contributed by atoms with Gasteiger partial charge in [-0.05, 0) is 49.3 Å². The second-order valence-electron chi connectivity index (χ2n) is 5.62. The summed E-state index contributed by atoms with van der Waals surface area (Å²) < 4.78 is 0. The van der Waals surface area contributed by atoms with Crippen LogP contribution in [-0.2, 0) is 6.42 Å². The number of aryl methyl sites for hydroxylation is 2. The van der Waals surface area contributed by atoms with E-state index in [9.17, 15) is 0 Å². The molecule has 0 aliphatic rings. The molecular formula is C15H25N. The van der Waals surface area contributed by atoms with Crippen molar-refractivity contribution in [1.82, 2.24) is 0 Å². The van der Waals surface area contributed by atoms with Gasteiger partial charge < -0.3 is 5.73 Å². The molecule has 0 aliphatic heterocycles. The van der Waals surface area contributed by atoms with Crippen LogP contribution in [-0.4, -0.2) is 6.54 Å². The molecule has 0 saturated heterocycles. The Morgan fingerprint density at radius 3 is 2.38 bits per heavy atom. The van der Waals surface area contributed by atoms with Gasteiger partial charge in [-0.15, -0.1) is 0 Å². The number of benzene rings is 1. The maximum atomic E-state index is 5.94. The van der Waals surface area contributed by atoms with Crippen LogP contribution in [0.5, 0.6) is 0 Å². The van der Waals surface area contributed by atoms with E-state index in [1.165, 1.54) is 16.7 Å². The number of nitrogens with two attached hydrogens (primary N) is 1. The lowest BCUT2D eigenvalue weighted by atomic mass is 9.74. The molecule has 1 unspecified atom stereocenters. The minimum absolute atomic E-state index is 0.207. The number of rotatable bonds is 4. The zero-order valence-corrected chi connectivity index (χ0v) is 11.3. The average molecular weight is 219 g/mol. The zero-order valence-electron chi connectivity index (χ0n) is 11.3. The molecule has 0 spiro atoms. The third-order valence-corrected chi connectivity index (χ3v) is 3.96. The summed E-state index contributed by atoms with van der Waals surface area (Å²) in [6.07, 6.45) is 1.08. The number of hydrogen-bond acceptors (Lipinski definition) is 1. The van der Waals surface area contributed by atoms with Crippen molar-refractivity contribution in [2.75, 3.05) is 6.54 Å². The Bertz CT molecular complexity index is 354. The first-order chi connectivity index (χ1) is 7.39. The molecular weight excluding hydrogens is 194 g/mol. The van der Waals surface area contributed by atoms with Crippen molar-refractivity contribution in [2.24, 2.45) is 17.1 Å². The second kappa shape index (κ2) is 5.01. The average Bonchev–Trinajstić information content (AvgIpc) is 2.23. The van der Waals surface area contributed by atoms with Crippen molar-refractivity contribution in [3.63, 3.8) is 0 Å². The first kappa shape index (κ1) is 13.2. The van der Waals surface area contributed by atoms with Crippen molar-refractivity contribution < 1.29 is 0 Å². The second-order valence-corrected chi connectivity index (χ2v) is 5.62. The highest BCUT2D eigenvalue weighted by Crippen LogP contribution is 2.31. The summed E-state index contributed by atoms with van der Waals surface area (Å²) in [7, 11) is 0. The van der Waals surface area contributed by atoms with Gasteiger partial charge in [0.05, 0.1) is 0 Å². The molecule has 0 aliphatic carbocycles. The highest BCUT2D eigenvalue weighted by molar-refractivity contribution is 5.31. The minimum atomic E-state index is 0.207. The lowest BCUT2D eigenvalue weighted by Gasteiger charge is -2.33. The standard InChI is InChI=1S/C15H25N/c1-11(2)15(5,10-16)9-14-8-12(3)6-7-13(14)4/h6-8,11H,9-10,16H2,1-5H3. The fourth-order valence-electron chi connectivity index (χ4n) is 1.94. The maximum absolute atomic E-state index is 5.94. The minimum Gasteiger partial charge on any atom is -0.330 e. The Kier molecular flexibility index (Phi) is 4.15. The Balaban J connectivity index is 2.98. The van der Waals surface area contributed by atoms with Crippen LogP contribution in [0.3, 0.4) is 0 Å². The van der Waals surface area contributed by atoms with Crippen molar-refractivity contribution in [2.45, 2.75) is 41.0 Å². The van der Waals surface area contributed by atoms with Crippen LogP contribution in [0, 0.1) is 25.2 Å². The van der Waals surface area contributed by atoms with E-state index < -0.39 is 0 Å². The van der Waals surface area contributed by atoms with E-state index in [-0.39, 0.29) is 5.41 Å². The van der Waals surface area contributed by atoms with Gasteiger partial charge in [-0.25, -0.2) is 0 Å². The molecule has 2 N–H and O–H groups in total. The van der Waals surface area contributed by atoms with E-state index in [0.29, 0.717) is 5.92 Å². The van der Waals surface area contributed by atoms with Crippen LogP contribution in [0.2, 0.25) is 0 Å². The summed E-state index contributed by atoms with van der Waals surface area (Å²) in [6, 6.07) is 6.68. The van der Waals surface area contributed by atoms with Gasteiger partial charge in [0.1, 0.15) is 0 Å². The predicted molar refractivity (Wildman–Crippen MR) is 71.6 cm³/mol. The maximum Gasteiger partial charge on any atom is -0.00175 e. The van der Waals surface area contributed by atoms with Gasteiger partial charge in [-0.3, -0.25) is 0 Å². The Morgan fingerprint density at radius 2 is 1.88 bits per heavy atom.